The zero-order valence-corrected chi connectivity index (χ0v) is 38.2. The van der Waals surface area contributed by atoms with Gasteiger partial charge in [-0.2, -0.15) is 0 Å². The quantitative estimate of drug-likeness (QED) is 0.253. The average molecular weight is 693 g/mol. The monoisotopic (exact) mass is 694 g/mol. The van der Waals surface area contributed by atoms with E-state index in [4.69, 9.17) is 0 Å². The Morgan fingerprint density at radius 3 is 0.618 bits per heavy atom. The molecule has 0 unspecified atom stereocenters. The van der Waals surface area contributed by atoms with Crippen LogP contribution in [-0.2, 0) is 0 Å². The van der Waals surface area contributed by atoms with E-state index in [1.807, 2.05) is 44.5 Å². The van der Waals surface area contributed by atoms with Crippen molar-refractivity contribution in [1.82, 2.24) is 0 Å². The molecule has 0 aromatic rings. The predicted molar refractivity (Wildman–Crippen MR) is 184 cm³/mol. The summed E-state index contributed by atoms with van der Waals surface area (Å²) in [7, 11) is 0.390. The van der Waals surface area contributed by atoms with E-state index >= 15 is 0 Å². The van der Waals surface area contributed by atoms with Gasteiger partial charge in [-0.1, -0.05) is 135 Å². The predicted octanol–water partition coefficient (Wildman–Crippen LogP) is 9.81. The topological polar surface area (TPSA) is 0 Å². The summed E-state index contributed by atoms with van der Waals surface area (Å²) in [5.74, 6) is 4.00. The van der Waals surface area contributed by atoms with Crippen LogP contribution in [-0.4, -0.2) is 82.1 Å². The van der Waals surface area contributed by atoms with Crippen molar-refractivity contribution in [3.05, 3.63) is 0 Å². The Hall–Kier alpha value is 2.39. The first-order valence-electron chi connectivity index (χ1n) is 12.8. The molecule has 0 aliphatic heterocycles. The first-order chi connectivity index (χ1) is 14.6. The Bertz CT molecular complexity index is 455. The third-order valence-electron chi connectivity index (χ3n) is 7.44. The van der Waals surface area contributed by atoms with E-state index in [2.05, 4.69) is 135 Å². The van der Waals surface area contributed by atoms with Crippen molar-refractivity contribution in [2.45, 2.75) is 167 Å². The van der Waals surface area contributed by atoms with Crippen LogP contribution in [0.3, 0.4) is 0 Å². The van der Waals surface area contributed by atoms with E-state index in [-0.39, 0.29) is 17.6 Å². The van der Waals surface area contributed by atoms with Gasteiger partial charge in [0.1, 0.15) is 0 Å². The molecule has 0 saturated heterocycles. The summed E-state index contributed by atoms with van der Waals surface area (Å²) in [5, 5.41) is 2.34. The summed E-state index contributed by atoms with van der Waals surface area (Å²) in [4.78, 5) is 0. The Balaban J connectivity index is -0.000000130. The van der Waals surface area contributed by atoms with Crippen molar-refractivity contribution in [3.63, 3.8) is 0 Å². The second-order valence-corrected chi connectivity index (χ2v) is 45.0. The molecule has 202 valence electrons. The zero-order chi connectivity index (χ0) is 29.6. The van der Waals surface area contributed by atoms with Gasteiger partial charge in [0.2, 0.25) is 0 Å². The van der Waals surface area contributed by atoms with Crippen molar-refractivity contribution < 1.29 is 0 Å². The molecule has 0 aliphatic rings. The summed E-state index contributed by atoms with van der Waals surface area (Å²) < 4.78 is 0. The minimum absolute atomic E-state index is 0.0502. The van der Waals surface area contributed by atoms with E-state index in [1.54, 1.807) is 0 Å². The second-order valence-electron chi connectivity index (χ2n) is 14.5. The third kappa shape index (κ3) is 24.7. The van der Waals surface area contributed by atoms with E-state index in [1.165, 1.54) is 16.3 Å². The molecule has 34 heavy (non-hydrogen) atoms. The van der Waals surface area contributed by atoms with Gasteiger partial charge in [-0.25, -0.2) is 0 Å². The first kappa shape index (κ1) is 46.3. The van der Waals surface area contributed by atoms with Crippen LogP contribution in [0.25, 0.3) is 0 Å². The van der Waals surface area contributed by atoms with Crippen molar-refractivity contribution in [2.75, 3.05) is 0 Å². The third-order valence-corrected chi connectivity index (χ3v) is 46.7. The molecular weight excluding hydrogens is 626 g/mol. The van der Waals surface area contributed by atoms with Crippen LogP contribution in [0.4, 0.5) is 0 Å². The Morgan fingerprint density at radius 1 is 0.441 bits per heavy atom. The molecule has 10 radical (unpaired) electrons. The van der Waals surface area contributed by atoms with Gasteiger partial charge < -0.3 is 0 Å². The summed E-state index contributed by atoms with van der Waals surface area (Å²) in [6, 6.07) is 0. The molecule has 8 heteroatoms. The van der Waals surface area contributed by atoms with E-state index in [0.717, 1.165) is 0 Å². The maximum atomic E-state index is 2.59. The summed E-state index contributed by atoms with van der Waals surface area (Å²) >= 11 is 4.00. The molecule has 0 aliphatic carbocycles. The molecule has 0 rings (SSSR count). The Kier molecular flexibility index (Phi) is 26.5. The van der Waals surface area contributed by atoms with Crippen molar-refractivity contribution >= 4 is 82.1 Å². The molecule has 0 spiro atoms. The van der Waals surface area contributed by atoms with Crippen LogP contribution < -0.4 is 0 Å². The van der Waals surface area contributed by atoms with Crippen molar-refractivity contribution in [3.8, 4) is 0 Å². The van der Waals surface area contributed by atoms with Gasteiger partial charge >= 0.3 is 44.5 Å². The molecule has 0 atom stereocenters. The Labute approximate surface area is 247 Å². The summed E-state index contributed by atoms with van der Waals surface area (Å²) in [6.07, 6.45) is 0. The molecular formula is C26H66Ge2Si6. The van der Waals surface area contributed by atoms with Gasteiger partial charge in [0.25, 0.3) is 0 Å². The number of hydrogen-bond acceptors (Lipinski definition) is 0. The molecule has 0 amide bonds. The summed E-state index contributed by atoms with van der Waals surface area (Å²) in [6.45, 7) is 48.3. The van der Waals surface area contributed by atoms with Crippen LogP contribution in [0.1, 0.15) is 83.1 Å². The molecule has 0 aromatic carbocycles. The van der Waals surface area contributed by atoms with Gasteiger partial charge in [-0.05, 0) is 36.4 Å². The molecule has 0 N–H and O–H groups in total. The van der Waals surface area contributed by atoms with Gasteiger partial charge in [0, 0.05) is 17.6 Å². The molecule has 0 saturated carbocycles. The molecule has 0 aromatic heterocycles. The second kappa shape index (κ2) is 19.4. The van der Waals surface area contributed by atoms with Crippen LogP contribution in [0, 0.1) is 0 Å². The average Bonchev–Trinajstić information content (AvgIpc) is 2.61. The van der Waals surface area contributed by atoms with Crippen LogP contribution >= 0.6 is 0 Å². The van der Waals surface area contributed by atoms with E-state index < -0.39 is 15.2 Å². The van der Waals surface area contributed by atoms with Crippen LogP contribution in [0.5, 0.6) is 0 Å². The standard InChI is InChI=1S/C12H30Si4.2C6H15Si.2CH3Ge/c1-11(2,3)15(7,8)13-14-16(9,10)12(4,5)6;2*1-6(2,3)7(4)5;2*1-2/h1-10H3;2*1-5H3;2*1H3. The van der Waals surface area contributed by atoms with Gasteiger partial charge in [-0.15, -0.1) is 0 Å². The summed E-state index contributed by atoms with van der Waals surface area (Å²) in [5.41, 5.74) is 0. The number of rotatable bonds is 2. The van der Waals surface area contributed by atoms with Crippen molar-refractivity contribution in [2.24, 2.45) is 0 Å². The first-order valence-corrected chi connectivity index (χ1v) is 32.9. The normalized spacial score (nSPS) is 13.1. The molecule has 0 fully saturated rings. The molecule has 0 bridgehead atoms. The molecule has 0 heterocycles. The van der Waals surface area contributed by atoms with Gasteiger partial charge in [0.05, 0.1) is 15.2 Å². The van der Waals surface area contributed by atoms with Crippen LogP contribution in [0.15, 0.2) is 0 Å². The minimum atomic E-state index is -1.02. The molecule has 0 nitrogen and oxygen atoms in total. The van der Waals surface area contributed by atoms with E-state index in [0.29, 0.717) is 20.2 Å². The fourth-order valence-electron chi connectivity index (χ4n) is 0.688. The van der Waals surface area contributed by atoms with E-state index in [9.17, 15) is 0 Å². The fourth-order valence-corrected chi connectivity index (χ4v) is 35.4. The maximum absolute atomic E-state index is 2.59. The number of hydrogen-bond donors (Lipinski definition) is 0. The Morgan fingerprint density at radius 2 is 0.559 bits per heavy atom. The zero-order valence-electron chi connectivity index (χ0n) is 28.0. The fraction of sp³-hybridized carbons (Fsp3) is 1.00. The van der Waals surface area contributed by atoms with Crippen LogP contribution in [0.2, 0.25) is 84.0 Å². The SMILES string of the molecule is CC(C)(C)[Si](C)(C)/[Si]=[Si]\[Si](C)(C)C(C)(C)C.C[Si](C)C(C)(C)C.C[Si](C)C(C)(C)C.[CH3][Ge].[CH3][Ge]. The van der Waals surface area contributed by atoms with Crippen molar-refractivity contribution in [1.29, 1.82) is 0 Å². The van der Waals surface area contributed by atoms with Gasteiger partial charge in [-0.3, -0.25) is 0 Å². The van der Waals surface area contributed by atoms with Gasteiger partial charge in [0.15, 0.2) is 0 Å².